The maximum absolute atomic E-state index is 13.0. The fourth-order valence-electron chi connectivity index (χ4n) is 1.12. The monoisotopic (exact) mass is 185 g/mol. The normalized spacial score (nSPS) is 12.9. The summed E-state index contributed by atoms with van der Waals surface area (Å²) in [6, 6.07) is 4.36. The van der Waals surface area contributed by atoms with Gasteiger partial charge in [-0.25, -0.2) is 4.39 Å². The molecule has 3 heteroatoms. The van der Waals surface area contributed by atoms with Gasteiger partial charge < -0.3 is 5.73 Å². The van der Waals surface area contributed by atoms with Gasteiger partial charge in [-0.3, -0.25) is 4.39 Å². The molecular formula is C10H13F2N. The van der Waals surface area contributed by atoms with E-state index in [9.17, 15) is 8.78 Å². The molecule has 13 heavy (non-hydrogen) atoms. The molecule has 0 aromatic heterocycles. The topological polar surface area (TPSA) is 26.0 Å². The van der Waals surface area contributed by atoms with Gasteiger partial charge in [-0.15, -0.1) is 0 Å². The minimum Gasteiger partial charge on any atom is -0.324 e. The second kappa shape index (κ2) is 4.33. The van der Waals surface area contributed by atoms with Crippen LogP contribution in [-0.4, -0.2) is 6.67 Å². The minimum absolute atomic E-state index is 0.239. The molecule has 1 rings (SSSR count). The van der Waals surface area contributed by atoms with Crippen molar-refractivity contribution in [1.29, 1.82) is 0 Å². The molecule has 1 nitrogen and oxygen atoms in total. The Morgan fingerprint density at radius 1 is 1.46 bits per heavy atom. The second-order valence-corrected chi connectivity index (χ2v) is 3.09. The van der Waals surface area contributed by atoms with E-state index in [-0.39, 0.29) is 12.2 Å². The highest BCUT2D eigenvalue weighted by atomic mass is 19.1. The van der Waals surface area contributed by atoms with E-state index in [0.29, 0.717) is 11.1 Å². The molecule has 0 aliphatic rings. The summed E-state index contributed by atoms with van der Waals surface area (Å²) in [6.45, 7) is 1.20. The van der Waals surface area contributed by atoms with Gasteiger partial charge in [0.2, 0.25) is 0 Å². The highest BCUT2D eigenvalue weighted by Gasteiger charge is 2.07. The maximum atomic E-state index is 13.0. The molecule has 72 valence electrons. The van der Waals surface area contributed by atoms with Crippen LogP contribution in [0.1, 0.15) is 23.6 Å². The third-order valence-corrected chi connectivity index (χ3v) is 2.04. The molecule has 0 aliphatic heterocycles. The van der Waals surface area contributed by atoms with Crippen LogP contribution in [0.15, 0.2) is 18.2 Å². The predicted octanol–water partition coefficient (Wildman–Crippen LogP) is 2.49. The predicted molar refractivity (Wildman–Crippen MR) is 48.7 cm³/mol. The van der Waals surface area contributed by atoms with E-state index < -0.39 is 12.7 Å². The Morgan fingerprint density at radius 3 is 2.69 bits per heavy atom. The Kier molecular flexibility index (Phi) is 3.37. The summed E-state index contributed by atoms with van der Waals surface area (Å²) in [6.07, 6.45) is 0.239. The summed E-state index contributed by atoms with van der Waals surface area (Å²) in [5.74, 6) is -0.285. The van der Waals surface area contributed by atoms with Gasteiger partial charge in [0.1, 0.15) is 5.82 Å². The summed E-state index contributed by atoms with van der Waals surface area (Å²) in [5, 5.41) is 0. The lowest BCUT2D eigenvalue weighted by atomic mass is 10.0. The van der Waals surface area contributed by atoms with Crippen molar-refractivity contribution in [3.63, 3.8) is 0 Å². The third-order valence-electron chi connectivity index (χ3n) is 2.04. The number of nitrogens with two attached hydrogens (primary N) is 1. The number of benzene rings is 1. The number of hydrogen-bond donors (Lipinski definition) is 1. The zero-order valence-corrected chi connectivity index (χ0v) is 7.56. The number of rotatable bonds is 3. The average Bonchev–Trinajstić information content (AvgIpc) is 2.10. The van der Waals surface area contributed by atoms with E-state index in [4.69, 9.17) is 5.73 Å². The molecule has 0 aliphatic carbocycles. The van der Waals surface area contributed by atoms with Gasteiger partial charge in [0.25, 0.3) is 0 Å². The van der Waals surface area contributed by atoms with Crippen molar-refractivity contribution in [2.75, 3.05) is 6.67 Å². The summed E-state index contributed by atoms with van der Waals surface area (Å²) >= 11 is 0. The Balaban J connectivity index is 2.84. The quantitative estimate of drug-likeness (QED) is 0.769. The van der Waals surface area contributed by atoms with Gasteiger partial charge in [-0.1, -0.05) is 12.1 Å². The lowest BCUT2D eigenvalue weighted by Gasteiger charge is -2.10. The molecule has 1 aromatic carbocycles. The average molecular weight is 185 g/mol. The second-order valence-electron chi connectivity index (χ2n) is 3.09. The van der Waals surface area contributed by atoms with Crippen LogP contribution in [0.3, 0.4) is 0 Å². The summed E-state index contributed by atoms with van der Waals surface area (Å²) in [4.78, 5) is 0. The van der Waals surface area contributed by atoms with Crippen LogP contribution in [0.2, 0.25) is 0 Å². The number of aryl methyl sites for hydroxylation is 1. The summed E-state index contributed by atoms with van der Waals surface area (Å²) in [7, 11) is 0. The van der Waals surface area contributed by atoms with Crippen molar-refractivity contribution in [2.24, 2.45) is 5.73 Å². The largest absolute Gasteiger partial charge is 0.324 e. The lowest BCUT2D eigenvalue weighted by molar-refractivity contribution is 0.441. The van der Waals surface area contributed by atoms with Crippen molar-refractivity contribution in [2.45, 2.75) is 19.4 Å². The molecule has 2 N–H and O–H groups in total. The Morgan fingerprint density at radius 2 is 2.15 bits per heavy atom. The van der Waals surface area contributed by atoms with E-state index >= 15 is 0 Å². The first-order valence-electron chi connectivity index (χ1n) is 4.22. The van der Waals surface area contributed by atoms with E-state index in [0.717, 1.165) is 0 Å². The van der Waals surface area contributed by atoms with Crippen molar-refractivity contribution >= 4 is 0 Å². The van der Waals surface area contributed by atoms with Crippen LogP contribution in [-0.2, 0) is 0 Å². The molecule has 0 heterocycles. The first-order chi connectivity index (χ1) is 6.15. The van der Waals surface area contributed by atoms with Gasteiger partial charge in [0, 0.05) is 6.04 Å². The van der Waals surface area contributed by atoms with Crippen LogP contribution in [0.4, 0.5) is 8.78 Å². The Hall–Kier alpha value is -0.960. The molecule has 1 aromatic rings. The molecule has 0 radical (unpaired) electrons. The molecule has 0 spiro atoms. The van der Waals surface area contributed by atoms with Crippen LogP contribution >= 0.6 is 0 Å². The molecule has 0 bridgehead atoms. The molecule has 0 unspecified atom stereocenters. The van der Waals surface area contributed by atoms with Crippen molar-refractivity contribution in [3.8, 4) is 0 Å². The first-order valence-corrected chi connectivity index (χ1v) is 4.22. The zero-order valence-electron chi connectivity index (χ0n) is 7.56. The SMILES string of the molecule is Cc1ccc([C@@H](N)CCF)cc1F. The fraction of sp³-hybridized carbons (Fsp3) is 0.400. The first kappa shape index (κ1) is 10.1. The van der Waals surface area contributed by atoms with Gasteiger partial charge in [-0.05, 0) is 30.5 Å². The highest BCUT2D eigenvalue weighted by molar-refractivity contribution is 5.25. The van der Waals surface area contributed by atoms with E-state index in [2.05, 4.69) is 0 Å². The van der Waals surface area contributed by atoms with Crippen LogP contribution < -0.4 is 5.73 Å². The summed E-state index contributed by atoms with van der Waals surface area (Å²) in [5.41, 5.74) is 6.85. The molecular weight excluding hydrogens is 172 g/mol. The number of alkyl halides is 1. The summed E-state index contributed by atoms with van der Waals surface area (Å²) < 4.78 is 25.0. The Bertz CT molecular complexity index is 286. The zero-order chi connectivity index (χ0) is 9.84. The van der Waals surface area contributed by atoms with Crippen molar-refractivity contribution in [1.82, 2.24) is 0 Å². The molecule has 0 fully saturated rings. The van der Waals surface area contributed by atoms with E-state index in [1.54, 1.807) is 19.1 Å². The molecule has 0 saturated carbocycles. The van der Waals surface area contributed by atoms with Crippen LogP contribution in [0.5, 0.6) is 0 Å². The van der Waals surface area contributed by atoms with Gasteiger partial charge in [0.05, 0.1) is 6.67 Å². The van der Waals surface area contributed by atoms with E-state index in [1.807, 2.05) is 0 Å². The standard InChI is InChI=1S/C10H13F2N/c1-7-2-3-8(6-9(7)12)10(13)4-5-11/h2-3,6,10H,4-5,13H2,1H3/t10-/m0/s1. The van der Waals surface area contributed by atoms with Crippen molar-refractivity contribution < 1.29 is 8.78 Å². The molecule has 0 saturated heterocycles. The maximum Gasteiger partial charge on any atom is 0.126 e. The molecule has 0 amide bonds. The van der Waals surface area contributed by atoms with Gasteiger partial charge in [0.15, 0.2) is 0 Å². The minimum atomic E-state index is -0.476. The Labute approximate surface area is 76.6 Å². The molecule has 1 atom stereocenters. The lowest BCUT2D eigenvalue weighted by Crippen LogP contribution is -2.11. The number of halogens is 2. The smallest absolute Gasteiger partial charge is 0.126 e. The van der Waals surface area contributed by atoms with Crippen molar-refractivity contribution in [3.05, 3.63) is 35.1 Å². The third kappa shape index (κ3) is 2.49. The highest BCUT2D eigenvalue weighted by Crippen LogP contribution is 2.17. The van der Waals surface area contributed by atoms with E-state index in [1.165, 1.54) is 6.07 Å². The number of hydrogen-bond acceptors (Lipinski definition) is 1. The fourth-order valence-corrected chi connectivity index (χ4v) is 1.12. The van der Waals surface area contributed by atoms with Crippen LogP contribution in [0.25, 0.3) is 0 Å². The van der Waals surface area contributed by atoms with Gasteiger partial charge in [-0.2, -0.15) is 0 Å². The van der Waals surface area contributed by atoms with Crippen LogP contribution in [0, 0.1) is 12.7 Å². The van der Waals surface area contributed by atoms with Gasteiger partial charge >= 0.3 is 0 Å².